The van der Waals surface area contributed by atoms with Gasteiger partial charge in [0.05, 0.1) is 22.3 Å². The molecule has 8 heteroatoms. The van der Waals surface area contributed by atoms with Crippen LogP contribution in [-0.2, 0) is 0 Å². The highest BCUT2D eigenvalue weighted by Crippen LogP contribution is 2.27. The molecule has 1 aliphatic rings. The number of carbonyl (C=O) groups is 2. The van der Waals surface area contributed by atoms with Gasteiger partial charge in [0.25, 0.3) is 5.91 Å². The summed E-state index contributed by atoms with van der Waals surface area (Å²) in [5.41, 5.74) is 0.959. The number of hydrogen-bond donors (Lipinski definition) is 2. The van der Waals surface area contributed by atoms with Crippen molar-refractivity contribution in [2.24, 2.45) is 5.84 Å². The summed E-state index contributed by atoms with van der Waals surface area (Å²) in [6.45, 7) is 8.03. The van der Waals surface area contributed by atoms with Crippen LogP contribution in [0.25, 0.3) is 0 Å². The smallest absolute Gasteiger partial charge is 0.332 e. The number of nitrogens with two attached hydrogens (primary N) is 1. The molecule has 1 aliphatic heterocycles. The van der Waals surface area contributed by atoms with E-state index in [0.29, 0.717) is 22.8 Å². The Balaban J connectivity index is 2.15. The van der Waals surface area contributed by atoms with Gasteiger partial charge in [0, 0.05) is 24.8 Å². The van der Waals surface area contributed by atoms with Gasteiger partial charge in [-0.15, -0.1) is 0 Å². The zero-order valence-electron chi connectivity index (χ0n) is 15.1. The number of nitrogens with one attached hydrogen (secondary N) is 1. The Labute approximate surface area is 153 Å². The fraction of sp³-hybridized carbons (Fsp3) is 0.588. The van der Waals surface area contributed by atoms with Gasteiger partial charge in [0.1, 0.15) is 0 Å². The topological polar surface area (TPSA) is 91.6 Å². The molecule has 3 atom stereocenters. The molecule has 1 saturated heterocycles. The van der Waals surface area contributed by atoms with E-state index in [9.17, 15) is 9.59 Å². The van der Waals surface area contributed by atoms with Crippen molar-refractivity contribution >= 4 is 23.5 Å². The average molecular weight is 368 g/mol. The predicted octanol–water partition coefficient (Wildman–Crippen LogP) is 2.71. The van der Waals surface area contributed by atoms with Gasteiger partial charge in [0.15, 0.2) is 0 Å². The molecular formula is C17H26ClN5O2. The van der Waals surface area contributed by atoms with Gasteiger partial charge in [-0.1, -0.05) is 11.6 Å². The Kier molecular flexibility index (Phi) is 6.24. The average Bonchev–Trinajstić information content (AvgIpc) is 2.91. The number of nitrogens with zero attached hydrogens (tertiary/aromatic N) is 3. The molecule has 0 aliphatic carbocycles. The lowest BCUT2D eigenvalue weighted by Gasteiger charge is -2.26. The standard InChI is InChI=1S/C17H26ClN5O2/c1-5-22(19)17(25)21-12(4)15-14(18)8-13(9-20-15)16(24)23-10(2)6-7-11(23)3/h8-12H,5-7,19H2,1-4H3,(H,21,25)/t10-,11+,12-/m1/s1. The molecular weight excluding hydrogens is 342 g/mol. The summed E-state index contributed by atoms with van der Waals surface area (Å²) in [6, 6.07) is 1.21. The summed E-state index contributed by atoms with van der Waals surface area (Å²) in [7, 11) is 0. The number of hydrogen-bond acceptors (Lipinski definition) is 4. The minimum atomic E-state index is -0.425. The van der Waals surface area contributed by atoms with Crippen LogP contribution in [0.3, 0.4) is 0 Å². The van der Waals surface area contributed by atoms with E-state index in [0.717, 1.165) is 17.9 Å². The lowest BCUT2D eigenvalue weighted by atomic mass is 10.1. The van der Waals surface area contributed by atoms with Crippen LogP contribution in [0.2, 0.25) is 5.02 Å². The molecule has 0 saturated carbocycles. The van der Waals surface area contributed by atoms with Crippen LogP contribution in [0, 0.1) is 0 Å². The molecule has 1 aromatic heterocycles. The third kappa shape index (κ3) is 4.22. The molecule has 2 heterocycles. The number of likely N-dealkylation sites (tertiary alicyclic amines) is 1. The fourth-order valence-electron chi connectivity index (χ4n) is 3.11. The quantitative estimate of drug-likeness (QED) is 0.486. The van der Waals surface area contributed by atoms with Crippen LogP contribution in [0.4, 0.5) is 4.79 Å². The highest BCUT2D eigenvalue weighted by atomic mass is 35.5. The SMILES string of the molecule is CCN(N)C(=O)N[C@H](C)c1ncc(C(=O)N2[C@H](C)CC[C@@H]2C)cc1Cl. The second kappa shape index (κ2) is 8.01. The Hall–Kier alpha value is -1.86. The van der Waals surface area contributed by atoms with Gasteiger partial charge < -0.3 is 10.2 Å². The van der Waals surface area contributed by atoms with Crippen molar-refractivity contribution in [3.63, 3.8) is 0 Å². The van der Waals surface area contributed by atoms with E-state index in [2.05, 4.69) is 24.1 Å². The zero-order valence-corrected chi connectivity index (χ0v) is 15.9. The zero-order chi connectivity index (χ0) is 18.7. The third-order valence-corrected chi connectivity index (χ3v) is 4.96. The Morgan fingerprint density at radius 3 is 2.56 bits per heavy atom. The summed E-state index contributed by atoms with van der Waals surface area (Å²) in [4.78, 5) is 30.8. The van der Waals surface area contributed by atoms with Crippen molar-refractivity contribution in [3.05, 3.63) is 28.5 Å². The number of carbonyl (C=O) groups excluding carboxylic acids is 2. The number of hydrazine groups is 1. The van der Waals surface area contributed by atoms with Crippen molar-refractivity contribution in [2.45, 2.75) is 58.7 Å². The van der Waals surface area contributed by atoms with E-state index < -0.39 is 12.1 Å². The first-order valence-electron chi connectivity index (χ1n) is 8.57. The highest BCUT2D eigenvalue weighted by Gasteiger charge is 2.32. The normalized spacial score (nSPS) is 21.1. The van der Waals surface area contributed by atoms with E-state index in [1.54, 1.807) is 19.9 Å². The summed E-state index contributed by atoms with van der Waals surface area (Å²) < 4.78 is 0. The van der Waals surface area contributed by atoms with Crippen LogP contribution >= 0.6 is 11.6 Å². The third-order valence-electron chi connectivity index (χ3n) is 4.65. The molecule has 0 unspecified atom stereocenters. The number of amides is 3. The maximum atomic E-state index is 12.7. The summed E-state index contributed by atoms with van der Waals surface area (Å²) >= 11 is 6.32. The van der Waals surface area contributed by atoms with Crippen molar-refractivity contribution in [1.82, 2.24) is 20.2 Å². The summed E-state index contributed by atoms with van der Waals surface area (Å²) in [6.07, 6.45) is 3.52. The monoisotopic (exact) mass is 367 g/mol. The van der Waals surface area contributed by atoms with Crippen LogP contribution < -0.4 is 11.2 Å². The molecule has 2 rings (SSSR count). The molecule has 7 nitrogen and oxygen atoms in total. The summed E-state index contributed by atoms with van der Waals surface area (Å²) in [5, 5.41) is 4.14. The van der Waals surface area contributed by atoms with Crippen molar-refractivity contribution in [2.75, 3.05) is 6.54 Å². The highest BCUT2D eigenvalue weighted by molar-refractivity contribution is 6.31. The number of urea groups is 1. The van der Waals surface area contributed by atoms with Gasteiger partial charge in [-0.3, -0.25) is 14.8 Å². The van der Waals surface area contributed by atoms with Crippen molar-refractivity contribution in [3.8, 4) is 0 Å². The van der Waals surface area contributed by atoms with Crippen LogP contribution in [-0.4, -0.2) is 45.5 Å². The molecule has 1 aromatic rings. The molecule has 1 fully saturated rings. The molecule has 138 valence electrons. The predicted molar refractivity (Wildman–Crippen MR) is 97.1 cm³/mol. The summed E-state index contributed by atoms with van der Waals surface area (Å²) in [5.74, 6) is 5.50. The Morgan fingerprint density at radius 1 is 1.44 bits per heavy atom. The van der Waals surface area contributed by atoms with Gasteiger partial charge in [-0.25, -0.2) is 10.6 Å². The van der Waals surface area contributed by atoms with E-state index in [4.69, 9.17) is 17.4 Å². The first-order chi connectivity index (χ1) is 11.8. The number of rotatable bonds is 4. The van der Waals surface area contributed by atoms with Crippen LogP contribution in [0.15, 0.2) is 12.3 Å². The van der Waals surface area contributed by atoms with E-state index in [1.165, 1.54) is 6.20 Å². The first kappa shape index (κ1) is 19.5. The minimum absolute atomic E-state index is 0.0609. The van der Waals surface area contributed by atoms with Crippen molar-refractivity contribution < 1.29 is 9.59 Å². The molecule has 3 amide bonds. The van der Waals surface area contributed by atoms with E-state index >= 15 is 0 Å². The number of pyridine rings is 1. The minimum Gasteiger partial charge on any atom is -0.333 e. The second-order valence-corrected chi connectivity index (χ2v) is 6.94. The van der Waals surface area contributed by atoms with E-state index in [1.807, 2.05) is 4.90 Å². The van der Waals surface area contributed by atoms with Gasteiger partial charge in [0.2, 0.25) is 0 Å². The van der Waals surface area contributed by atoms with Gasteiger partial charge in [-0.05, 0) is 46.6 Å². The number of halogens is 1. The van der Waals surface area contributed by atoms with Crippen LogP contribution in [0.1, 0.15) is 62.6 Å². The largest absolute Gasteiger partial charge is 0.333 e. The fourth-order valence-corrected chi connectivity index (χ4v) is 3.44. The molecule has 25 heavy (non-hydrogen) atoms. The molecule has 0 aromatic carbocycles. The Morgan fingerprint density at radius 2 is 2.04 bits per heavy atom. The Bertz CT molecular complexity index is 644. The van der Waals surface area contributed by atoms with Crippen LogP contribution in [0.5, 0.6) is 0 Å². The molecule has 3 N–H and O–H groups in total. The first-order valence-corrected chi connectivity index (χ1v) is 8.94. The lowest BCUT2D eigenvalue weighted by Crippen LogP contribution is -2.45. The lowest BCUT2D eigenvalue weighted by molar-refractivity contribution is 0.0692. The maximum Gasteiger partial charge on any atom is 0.332 e. The van der Waals surface area contributed by atoms with Gasteiger partial charge in [-0.2, -0.15) is 0 Å². The molecule has 0 radical (unpaired) electrons. The molecule has 0 bridgehead atoms. The number of aromatic nitrogens is 1. The maximum absolute atomic E-state index is 12.7. The second-order valence-electron chi connectivity index (χ2n) is 6.54. The molecule has 0 spiro atoms. The van der Waals surface area contributed by atoms with Gasteiger partial charge >= 0.3 is 6.03 Å². The van der Waals surface area contributed by atoms with E-state index in [-0.39, 0.29) is 18.0 Å². The van der Waals surface area contributed by atoms with Crippen molar-refractivity contribution in [1.29, 1.82) is 0 Å².